The summed E-state index contributed by atoms with van der Waals surface area (Å²) < 4.78 is 13.6. The van der Waals surface area contributed by atoms with Crippen LogP contribution in [0.3, 0.4) is 0 Å². The van der Waals surface area contributed by atoms with E-state index in [0.29, 0.717) is 5.56 Å². The molecule has 0 aliphatic carbocycles. The lowest BCUT2D eigenvalue weighted by molar-refractivity contribution is 0.0947. The predicted octanol–water partition coefficient (Wildman–Crippen LogP) is 1.60. The van der Waals surface area contributed by atoms with Crippen LogP contribution in [0.5, 0.6) is 0 Å². The average molecular weight is 270 g/mol. The predicted molar refractivity (Wildman–Crippen MR) is 70.9 cm³/mol. The van der Waals surface area contributed by atoms with Gasteiger partial charge < -0.3 is 11.1 Å². The Morgan fingerprint density at radius 2 is 2.05 bits per heavy atom. The molecule has 0 radical (unpaired) electrons. The molecule has 0 aliphatic heterocycles. The number of amides is 1. The minimum Gasteiger partial charge on any atom is -0.381 e. The summed E-state index contributed by atoms with van der Waals surface area (Å²) in [6.45, 7) is 0.228. The van der Waals surface area contributed by atoms with Crippen LogP contribution in [0.15, 0.2) is 36.5 Å². The molecule has 0 atom stereocenters. The number of nitrogens with zero attached hydrogens (tertiary/aromatic N) is 2. The van der Waals surface area contributed by atoms with E-state index in [1.54, 1.807) is 24.3 Å². The highest BCUT2D eigenvalue weighted by molar-refractivity contribution is 5.95. The van der Waals surface area contributed by atoms with Gasteiger partial charge in [-0.3, -0.25) is 4.79 Å². The zero-order valence-electron chi connectivity index (χ0n) is 10.4. The van der Waals surface area contributed by atoms with Crippen LogP contribution in [-0.4, -0.2) is 10.9 Å². The Bertz CT molecular complexity index is 677. The van der Waals surface area contributed by atoms with E-state index in [2.05, 4.69) is 10.3 Å². The van der Waals surface area contributed by atoms with Crippen LogP contribution < -0.4 is 11.1 Å². The molecular formula is C14H11FN4O. The standard InChI is InChI=1S/C14H11FN4O/c15-12-11(5-6-18-13(12)17)14(20)19-8-10-3-1-9(7-16)2-4-10/h1-6H,8H2,(H2,17,18)(H,19,20). The van der Waals surface area contributed by atoms with Crippen molar-refractivity contribution < 1.29 is 9.18 Å². The number of carbonyl (C=O) groups is 1. The Balaban J connectivity index is 2.05. The first-order valence-corrected chi connectivity index (χ1v) is 5.79. The summed E-state index contributed by atoms with van der Waals surface area (Å²) in [4.78, 5) is 15.4. The van der Waals surface area contributed by atoms with Crippen LogP contribution in [0, 0.1) is 17.1 Å². The van der Waals surface area contributed by atoms with Gasteiger partial charge >= 0.3 is 0 Å². The quantitative estimate of drug-likeness (QED) is 0.886. The van der Waals surface area contributed by atoms with Crippen molar-refractivity contribution in [3.05, 3.63) is 59.0 Å². The number of hydrogen-bond donors (Lipinski definition) is 2. The number of nitrogens with two attached hydrogens (primary N) is 1. The van der Waals surface area contributed by atoms with Gasteiger partial charge in [-0.2, -0.15) is 5.26 Å². The molecule has 0 saturated carbocycles. The number of nitrogens with one attached hydrogen (secondary N) is 1. The summed E-state index contributed by atoms with van der Waals surface area (Å²) in [5.41, 5.74) is 6.49. The van der Waals surface area contributed by atoms with Crippen LogP contribution in [0.4, 0.5) is 10.2 Å². The van der Waals surface area contributed by atoms with Crippen molar-refractivity contribution in [2.45, 2.75) is 6.54 Å². The van der Waals surface area contributed by atoms with Gasteiger partial charge in [0.1, 0.15) is 0 Å². The van der Waals surface area contributed by atoms with Crippen LogP contribution in [0.2, 0.25) is 0 Å². The molecular weight excluding hydrogens is 259 g/mol. The molecule has 0 saturated heterocycles. The summed E-state index contributed by atoms with van der Waals surface area (Å²) in [6.07, 6.45) is 1.27. The molecule has 20 heavy (non-hydrogen) atoms. The summed E-state index contributed by atoms with van der Waals surface area (Å²) in [5.74, 6) is -1.71. The van der Waals surface area contributed by atoms with Gasteiger partial charge in [0.2, 0.25) is 0 Å². The Kier molecular flexibility index (Phi) is 3.91. The first kappa shape index (κ1) is 13.5. The Labute approximate surface area is 114 Å². The summed E-state index contributed by atoms with van der Waals surface area (Å²) in [6, 6.07) is 9.99. The zero-order chi connectivity index (χ0) is 14.5. The number of nitriles is 1. The van der Waals surface area contributed by atoms with Crippen molar-refractivity contribution >= 4 is 11.7 Å². The zero-order valence-corrected chi connectivity index (χ0v) is 10.4. The van der Waals surface area contributed by atoms with Crippen molar-refractivity contribution in [2.24, 2.45) is 0 Å². The molecule has 1 heterocycles. The molecule has 5 nitrogen and oxygen atoms in total. The number of anilines is 1. The second-order valence-electron chi connectivity index (χ2n) is 4.05. The fraction of sp³-hybridized carbons (Fsp3) is 0.0714. The fourth-order valence-electron chi connectivity index (χ4n) is 1.61. The Morgan fingerprint density at radius 3 is 2.70 bits per heavy atom. The van der Waals surface area contributed by atoms with Crippen molar-refractivity contribution in [3.8, 4) is 6.07 Å². The molecule has 2 rings (SSSR count). The number of halogens is 1. The largest absolute Gasteiger partial charge is 0.381 e. The van der Waals surface area contributed by atoms with E-state index in [9.17, 15) is 9.18 Å². The van der Waals surface area contributed by atoms with Crippen molar-refractivity contribution in [3.63, 3.8) is 0 Å². The third kappa shape index (κ3) is 2.90. The maximum absolute atomic E-state index is 13.6. The molecule has 0 bridgehead atoms. The molecule has 0 unspecified atom stereocenters. The number of benzene rings is 1. The monoisotopic (exact) mass is 270 g/mol. The van der Waals surface area contributed by atoms with Gasteiger partial charge in [-0.15, -0.1) is 0 Å². The smallest absolute Gasteiger partial charge is 0.254 e. The van der Waals surface area contributed by atoms with Crippen LogP contribution in [-0.2, 0) is 6.54 Å². The molecule has 1 aromatic carbocycles. The maximum Gasteiger partial charge on any atom is 0.254 e. The number of rotatable bonds is 3. The molecule has 0 spiro atoms. The molecule has 100 valence electrons. The van der Waals surface area contributed by atoms with Gasteiger partial charge in [-0.05, 0) is 23.8 Å². The molecule has 2 aromatic rings. The van der Waals surface area contributed by atoms with E-state index in [-0.39, 0.29) is 17.9 Å². The first-order valence-electron chi connectivity index (χ1n) is 5.79. The van der Waals surface area contributed by atoms with Gasteiger partial charge in [0.25, 0.3) is 5.91 Å². The third-order valence-electron chi connectivity index (χ3n) is 2.70. The van der Waals surface area contributed by atoms with Crippen LogP contribution in [0.25, 0.3) is 0 Å². The van der Waals surface area contributed by atoms with Gasteiger partial charge in [0.05, 0.1) is 17.2 Å². The molecule has 3 N–H and O–H groups in total. The highest BCUT2D eigenvalue weighted by Crippen LogP contribution is 2.12. The van der Waals surface area contributed by atoms with Gasteiger partial charge in [0.15, 0.2) is 11.6 Å². The normalized spacial score (nSPS) is 9.80. The van der Waals surface area contributed by atoms with Crippen molar-refractivity contribution in [1.29, 1.82) is 5.26 Å². The van der Waals surface area contributed by atoms with Gasteiger partial charge in [0, 0.05) is 12.7 Å². The number of pyridine rings is 1. The Hall–Kier alpha value is -2.94. The number of nitrogen functional groups attached to an aromatic ring is 1. The summed E-state index contributed by atoms with van der Waals surface area (Å²) >= 11 is 0. The Morgan fingerprint density at radius 1 is 1.35 bits per heavy atom. The highest BCUT2D eigenvalue weighted by atomic mass is 19.1. The van der Waals surface area contributed by atoms with Crippen LogP contribution in [0.1, 0.15) is 21.5 Å². The molecule has 0 aliphatic rings. The first-order chi connectivity index (χ1) is 9.61. The lowest BCUT2D eigenvalue weighted by Gasteiger charge is -2.07. The van der Waals surface area contributed by atoms with E-state index in [0.717, 1.165) is 5.56 Å². The number of hydrogen-bond acceptors (Lipinski definition) is 4. The summed E-state index contributed by atoms with van der Waals surface area (Å²) in [7, 11) is 0. The molecule has 1 amide bonds. The second-order valence-corrected chi connectivity index (χ2v) is 4.05. The maximum atomic E-state index is 13.6. The lowest BCUT2D eigenvalue weighted by atomic mass is 10.1. The van der Waals surface area contributed by atoms with Gasteiger partial charge in [-0.1, -0.05) is 12.1 Å². The minimum absolute atomic E-state index is 0.147. The van der Waals surface area contributed by atoms with Gasteiger partial charge in [-0.25, -0.2) is 9.37 Å². The molecule has 1 aromatic heterocycles. The number of carbonyl (C=O) groups excluding carboxylic acids is 1. The van der Waals surface area contributed by atoms with Crippen molar-refractivity contribution in [1.82, 2.24) is 10.3 Å². The van der Waals surface area contributed by atoms with E-state index in [1.165, 1.54) is 12.3 Å². The average Bonchev–Trinajstić information content (AvgIpc) is 2.48. The minimum atomic E-state index is -0.829. The number of aromatic nitrogens is 1. The second kappa shape index (κ2) is 5.80. The van der Waals surface area contributed by atoms with Crippen molar-refractivity contribution in [2.75, 3.05) is 5.73 Å². The van der Waals surface area contributed by atoms with E-state index < -0.39 is 11.7 Å². The van der Waals surface area contributed by atoms with E-state index in [1.807, 2.05) is 6.07 Å². The lowest BCUT2D eigenvalue weighted by Crippen LogP contribution is -2.24. The highest BCUT2D eigenvalue weighted by Gasteiger charge is 2.14. The summed E-state index contributed by atoms with van der Waals surface area (Å²) in [5, 5.41) is 11.2. The fourth-order valence-corrected chi connectivity index (χ4v) is 1.61. The SMILES string of the molecule is N#Cc1ccc(CNC(=O)c2ccnc(N)c2F)cc1. The topological polar surface area (TPSA) is 91.8 Å². The molecule has 0 fully saturated rings. The van der Waals surface area contributed by atoms with Crippen LogP contribution >= 0.6 is 0 Å². The third-order valence-corrected chi connectivity index (χ3v) is 2.70. The van der Waals surface area contributed by atoms with E-state index in [4.69, 9.17) is 11.0 Å². The molecule has 6 heteroatoms. The van der Waals surface area contributed by atoms with E-state index >= 15 is 0 Å².